The number of aliphatic hydroxyl groups is 2. The van der Waals surface area contributed by atoms with E-state index in [2.05, 4.69) is 5.32 Å². The summed E-state index contributed by atoms with van der Waals surface area (Å²) >= 11 is 0. The SMILES string of the molecule is CCCC(=O)N[C@H]1C=C[C@@H](CO)C1.Cl.N[C@H]1C=C[C@@H](CO)C1. The van der Waals surface area contributed by atoms with Crippen LogP contribution in [0.15, 0.2) is 24.3 Å². The van der Waals surface area contributed by atoms with Crippen LogP contribution < -0.4 is 11.1 Å². The second-order valence-corrected chi connectivity index (χ2v) is 5.71. The first-order valence-electron chi connectivity index (χ1n) is 7.72. The molecule has 2 aliphatic rings. The number of hydrogen-bond donors (Lipinski definition) is 4. The van der Waals surface area contributed by atoms with Crippen molar-refractivity contribution in [2.75, 3.05) is 13.2 Å². The van der Waals surface area contributed by atoms with Gasteiger partial charge in [-0.15, -0.1) is 12.4 Å². The van der Waals surface area contributed by atoms with Gasteiger partial charge in [0, 0.05) is 43.6 Å². The van der Waals surface area contributed by atoms with E-state index < -0.39 is 0 Å². The molecular weight excluding hydrogens is 304 g/mol. The summed E-state index contributed by atoms with van der Waals surface area (Å²) in [5, 5.41) is 20.3. The van der Waals surface area contributed by atoms with Gasteiger partial charge in [-0.3, -0.25) is 4.79 Å². The smallest absolute Gasteiger partial charge is 0.220 e. The van der Waals surface area contributed by atoms with Gasteiger partial charge >= 0.3 is 0 Å². The van der Waals surface area contributed by atoms with Crippen LogP contribution in [0.1, 0.15) is 32.6 Å². The van der Waals surface area contributed by atoms with Gasteiger partial charge in [-0.2, -0.15) is 0 Å². The number of halogens is 1. The van der Waals surface area contributed by atoms with Crippen molar-refractivity contribution in [3.8, 4) is 0 Å². The molecule has 5 nitrogen and oxygen atoms in total. The van der Waals surface area contributed by atoms with Crippen LogP contribution in [0.25, 0.3) is 0 Å². The molecule has 0 aromatic carbocycles. The summed E-state index contributed by atoms with van der Waals surface area (Å²) < 4.78 is 0. The highest BCUT2D eigenvalue weighted by molar-refractivity contribution is 5.85. The molecule has 0 radical (unpaired) electrons. The van der Waals surface area contributed by atoms with Gasteiger partial charge in [-0.05, 0) is 19.3 Å². The monoisotopic (exact) mass is 332 g/mol. The number of rotatable bonds is 5. The molecule has 0 heterocycles. The summed E-state index contributed by atoms with van der Waals surface area (Å²) in [5.74, 6) is 0.660. The summed E-state index contributed by atoms with van der Waals surface area (Å²) in [6.07, 6.45) is 11.1. The van der Waals surface area contributed by atoms with Crippen molar-refractivity contribution in [3.63, 3.8) is 0 Å². The highest BCUT2D eigenvalue weighted by Crippen LogP contribution is 2.17. The van der Waals surface area contributed by atoms with Crippen molar-refractivity contribution >= 4 is 18.3 Å². The summed E-state index contributed by atoms with van der Waals surface area (Å²) in [7, 11) is 0. The summed E-state index contributed by atoms with van der Waals surface area (Å²) in [6, 6.07) is 0.323. The molecule has 1 amide bonds. The zero-order valence-corrected chi connectivity index (χ0v) is 14.0. The van der Waals surface area contributed by atoms with Gasteiger partial charge in [-0.25, -0.2) is 0 Å². The second-order valence-electron chi connectivity index (χ2n) is 5.71. The van der Waals surface area contributed by atoms with Gasteiger partial charge in [0.25, 0.3) is 0 Å². The zero-order chi connectivity index (χ0) is 15.7. The maximum absolute atomic E-state index is 11.2. The molecule has 5 N–H and O–H groups in total. The fourth-order valence-electron chi connectivity index (χ4n) is 2.46. The minimum atomic E-state index is 0. The molecule has 0 fully saturated rings. The number of hydrogen-bond acceptors (Lipinski definition) is 4. The van der Waals surface area contributed by atoms with Crippen LogP contribution in [0, 0.1) is 11.8 Å². The van der Waals surface area contributed by atoms with E-state index in [1.54, 1.807) is 0 Å². The number of amides is 1. The highest BCUT2D eigenvalue weighted by atomic mass is 35.5. The molecule has 22 heavy (non-hydrogen) atoms. The topological polar surface area (TPSA) is 95.6 Å². The third-order valence-corrected chi connectivity index (χ3v) is 3.67. The summed E-state index contributed by atoms with van der Waals surface area (Å²) in [6.45, 7) is 2.40. The van der Waals surface area contributed by atoms with Gasteiger partial charge in [0.1, 0.15) is 0 Å². The maximum atomic E-state index is 11.2. The Hall–Kier alpha value is -0.880. The summed E-state index contributed by atoms with van der Waals surface area (Å²) in [5.41, 5.74) is 5.50. The van der Waals surface area contributed by atoms with Crippen molar-refractivity contribution < 1.29 is 15.0 Å². The summed E-state index contributed by atoms with van der Waals surface area (Å²) in [4.78, 5) is 11.2. The minimum Gasteiger partial charge on any atom is -0.396 e. The van der Waals surface area contributed by atoms with Gasteiger partial charge in [0.05, 0.1) is 0 Å². The van der Waals surface area contributed by atoms with Crippen molar-refractivity contribution in [2.45, 2.75) is 44.7 Å². The van der Waals surface area contributed by atoms with E-state index in [1.165, 1.54) is 0 Å². The van der Waals surface area contributed by atoms with Gasteiger partial charge in [-0.1, -0.05) is 31.2 Å². The van der Waals surface area contributed by atoms with Crippen LogP contribution in [0.2, 0.25) is 0 Å². The van der Waals surface area contributed by atoms with Crippen LogP contribution in [-0.4, -0.2) is 41.4 Å². The Bertz CT molecular complexity index is 374. The third kappa shape index (κ3) is 7.94. The van der Waals surface area contributed by atoms with Crippen molar-refractivity contribution in [3.05, 3.63) is 24.3 Å². The molecule has 0 saturated heterocycles. The lowest BCUT2D eigenvalue weighted by atomic mass is 10.1. The highest BCUT2D eigenvalue weighted by Gasteiger charge is 2.19. The zero-order valence-electron chi connectivity index (χ0n) is 13.1. The van der Waals surface area contributed by atoms with Gasteiger partial charge < -0.3 is 21.3 Å². The first-order valence-corrected chi connectivity index (χ1v) is 7.72. The van der Waals surface area contributed by atoms with Crippen LogP contribution in [0.5, 0.6) is 0 Å². The van der Waals surface area contributed by atoms with E-state index in [4.69, 9.17) is 15.9 Å². The maximum Gasteiger partial charge on any atom is 0.220 e. The molecule has 0 unspecified atom stereocenters. The molecule has 6 heteroatoms. The largest absolute Gasteiger partial charge is 0.396 e. The van der Waals surface area contributed by atoms with Crippen molar-refractivity contribution in [2.24, 2.45) is 17.6 Å². The van der Waals surface area contributed by atoms with E-state index in [-0.39, 0.29) is 49.5 Å². The Morgan fingerprint density at radius 1 is 1.14 bits per heavy atom. The second kappa shape index (κ2) is 11.7. The van der Waals surface area contributed by atoms with Crippen molar-refractivity contribution in [1.29, 1.82) is 0 Å². The van der Waals surface area contributed by atoms with Gasteiger partial charge in [0.2, 0.25) is 5.91 Å². The molecule has 0 aromatic rings. The predicted octanol–water partition coefficient (Wildman–Crippen LogP) is 1.14. The van der Waals surface area contributed by atoms with E-state index in [9.17, 15) is 4.79 Å². The van der Waals surface area contributed by atoms with E-state index in [0.29, 0.717) is 12.3 Å². The lowest BCUT2D eigenvalue weighted by Gasteiger charge is -2.11. The van der Waals surface area contributed by atoms with E-state index >= 15 is 0 Å². The van der Waals surface area contributed by atoms with Crippen LogP contribution in [0.3, 0.4) is 0 Å². The molecule has 0 saturated carbocycles. The van der Waals surface area contributed by atoms with Crippen LogP contribution >= 0.6 is 12.4 Å². The number of carbonyl (C=O) groups excluding carboxylic acids is 1. The van der Waals surface area contributed by atoms with E-state index in [1.807, 2.05) is 31.2 Å². The van der Waals surface area contributed by atoms with E-state index in [0.717, 1.165) is 19.3 Å². The molecular formula is C16H29ClN2O3. The van der Waals surface area contributed by atoms with Crippen LogP contribution in [-0.2, 0) is 4.79 Å². The number of carbonyl (C=O) groups is 1. The van der Waals surface area contributed by atoms with Crippen LogP contribution in [0.4, 0.5) is 0 Å². The lowest BCUT2D eigenvalue weighted by molar-refractivity contribution is -0.121. The molecule has 0 aliphatic heterocycles. The lowest BCUT2D eigenvalue weighted by Crippen LogP contribution is -2.32. The fourth-order valence-corrected chi connectivity index (χ4v) is 2.46. The Morgan fingerprint density at radius 3 is 2.14 bits per heavy atom. The molecule has 2 rings (SSSR count). The van der Waals surface area contributed by atoms with Gasteiger partial charge in [0.15, 0.2) is 0 Å². The van der Waals surface area contributed by atoms with Crippen molar-refractivity contribution in [1.82, 2.24) is 5.32 Å². The average molecular weight is 333 g/mol. The quantitative estimate of drug-likeness (QED) is 0.568. The predicted molar refractivity (Wildman–Crippen MR) is 90.7 cm³/mol. The molecule has 4 atom stereocenters. The first-order chi connectivity index (χ1) is 10.1. The Labute approximate surface area is 139 Å². The fraction of sp³-hybridized carbons (Fsp3) is 0.688. The Kier molecular flexibility index (Phi) is 11.2. The number of aliphatic hydroxyl groups excluding tert-OH is 2. The molecule has 2 aliphatic carbocycles. The molecule has 0 spiro atoms. The molecule has 0 bridgehead atoms. The standard InChI is InChI=1S/C10H17NO2.C6H11NO.ClH/c1-2-3-10(13)11-9-5-4-8(6-9)7-12;7-6-2-1-5(3-6)4-8;/h4-5,8-9,12H,2-3,6-7H2,1H3,(H,11,13);1-2,5-6,8H,3-4,7H2;1H/t8-,9+;5-,6+;/m11./s1. The average Bonchev–Trinajstić information content (AvgIpc) is 3.08. The normalized spacial score (nSPS) is 28.7. The number of nitrogens with one attached hydrogen (secondary N) is 1. The molecule has 0 aromatic heterocycles. The Morgan fingerprint density at radius 2 is 1.73 bits per heavy atom. The molecule has 128 valence electrons. The third-order valence-electron chi connectivity index (χ3n) is 3.67. The minimum absolute atomic E-state index is 0. The Balaban J connectivity index is 0.000000423. The number of nitrogens with two attached hydrogens (primary N) is 1. The first kappa shape index (κ1) is 21.1.